The summed E-state index contributed by atoms with van der Waals surface area (Å²) in [6.45, 7) is 3.53. The Morgan fingerprint density at radius 3 is 2.46 bits per heavy atom. The van der Waals surface area contributed by atoms with Crippen LogP contribution >= 0.6 is 0 Å². The number of aromatic nitrogens is 3. The second kappa shape index (κ2) is 7.55. The van der Waals surface area contributed by atoms with Crippen LogP contribution in [-0.4, -0.2) is 22.2 Å². The van der Waals surface area contributed by atoms with E-state index in [2.05, 4.69) is 68.7 Å². The van der Waals surface area contributed by atoms with Crippen molar-refractivity contribution in [1.29, 1.82) is 0 Å². The Morgan fingerprint density at radius 1 is 0.958 bits per heavy atom. The standard InChI is InChI=1S/C19H21N5/c1-15-8-10-16(11-9-15)12-20-19-22-18(13-21-23-19)24(2)14-17-6-4-3-5-7-17/h3-11,13H,12,14H2,1-2H3,(H,20,22,23). The van der Waals surface area contributed by atoms with E-state index in [0.29, 0.717) is 12.5 Å². The number of hydrogen-bond acceptors (Lipinski definition) is 5. The second-order valence-electron chi connectivity index (χ2n) is 5.82. The maximum atomic E-state index is 4.54. The maximum absolute atomic E-state index is 4.54. The molecule has 122 valence electrons. The molecule has 0 aliphatic carbocycles. The van der Waals surface area contributed by atoms with Gasteiger partial charge in [-0.15, -0.1) is 5.10 Å². The van der Waals surface area contributed by atoms with Crippen LogP contribution in [0.2, 0.25) is 0 Å². The smallest absolute Gasteiger partial charge is 0.244 e. The fourth-order valence-electron chi connectivity index (χ4n) is 2.38. The van der Waals surface area contributed by atoms with E-state index < -0.39 is 0 Å². The van der Waals surface area contributed by atoms with Gasteiger partial charge in [0.05, 0.1) is 6.20 Å². The quantitative estimate of drug-likeness (QED) is 0.754. The van der Waals surface area contributed by atoms with Crippen molar-refractivity contribution in [1.82, 2.24) is 15.2 Å². The summed E-state index contributed by atoms with van der Waals surface area (Å²) in [5.41, 5.74) is 3.67. The molecular weight excluding hydrogens is 298 g/mol. The summed E-state index contributed by atoms with van der Waals surface area (Å²) >= 11 is 0. The zero-order valence-electron chi connectivity index (χ0n) is 14.0. The van der Waals surface area contributed by atoms with Crippen LogP contribution in [0.4, 0.5) is 11.8 Å². The molecule has 0 radical (unpaired) electrons. The van der Waals surface area contributed by atoms with E-state index in [-0.39, 0.29) is 0 Å². The summed E-state index contributed by atoms with van der Waals surface area (Å²) in [6.07, 6.45) is 1.68. The van der Waals surface area contributed by atoms with Gasteiger partial charge in [-0.1, -0.05) is 60.2 Å². The monoisotopic (exact) mass is 319 g/mol. The van der Waals surface area contributed by atoms with Crippen LogP contribution in [0.1, 0.15) is 16.7 Å². The van der Waals surface area contributed by atoms with E-state index in [1.54, 1.807) is 6.20 Å². The van der Waals surface area contributed by atoms with E-state index in [1.807, 2.05) is 25.2 Å². The second-order valence-corrected chi connectivity index (χ2v) is 5.82. The van der Waals surface area contributed by atoms with Gasteiger partial charge in [0, 0.05) is 20.1 Å². The van der Waals surface area contributed by atoms with Crippen LogP contribution < -0.4 is 10.2 Å². The van der Waals surface area contributed by atoms with Crippen LogP contribution in [-0.2, 0) is 13.1 Å². The molecule has 0 bridgehead atoms. The van der Waals surface area contributed by atoms with Gasteiger partial charge in [0.2, 0.25) is 5.95 Å². The van der Waals surface area contributed by atoms with E-state index in [4.69, 9.17) is 0 Å². The number of nitrogens with one attached hydrogen (secondary N) is 1. The van der Waals surface area contributed by atoms with Gasteiger partial charge in [-0.3, -0.25) is 0 Å². The molecule has 0 aliphatic rings. The zero-order valence-corrected chi connectivity index (χ0v) is 14.0. The maximum Gasteiger partial charge on any atom is 0.244 e. The van der Waals surface area contributed by atoms with Crippen LogP contribution in [0.25, 0.3) is 0 Å². The predicted molar refractivity (Wildman–Crippen MR) is 96.9 cm³/mol. The summed E-state index contributed by atoms with van der Waals surface area (Å²) in [5.74, 6) is 1.33. The SMILES string of the molecule is Cc1ccc(CNc2nncc(N(C)Cc3ccccc3)n2)cc1. The van der Waals surface area contributed by atoms with Crippen molar-refractivity contribution in [3.8, 4) is 0 Å². The molecule has 0 amide bonds. The highest BCUT2D eigenvalue weighted by Crippen LogP contribution is 2.13. The van der Waals surface area contributed by atoms with Crippen molar-refractivity contribution >= 4 is 11.8 Å². The summed E-state index contributed by atoms with van der Waals surface area (Å²) < 4.78 is 0. The Morgan fingerprint density at radius 2 is 1.71 bits per heavy atom. The molecule has 0 unspecified atom stereocenters. The molecule has 3 rings (SSSR count). The van der Waals surface area contributed by atoms with Crippen molar-refractivity contribution < 1.29 is 0 Å². The predicted octanol–water partition coefficient (Wildman–Crippen LogP) is 3.43. The molecule has 0 fully saturated rings. The molecule has 0 saturated carbocycles. The van der Waals surface area contributed by atoms with Gasteiger partial charge in [-0.05, 0) is 18.1 Å². The summed E-state index contributed by atoms with van der Waals surface area (Å²) in [6, 6.07) is 18.7. The fourth-order valence-corrected chi connectivity index (χ4v) is 2.38. The third kappa shape index (κ3) is 4.29. The molecule has 5 nitrogen and oxygen atoms in total. The largest absolute Gasteiger partial charge is 0.354 e. The number of aryl methyl sites for hydroxylation is 1. The molecule has 5 heteroatoms. The Bertz CT molecular complexity index is 771. The van der Waals surface area contributed by atoms with Gasteiger partial charge in [0.15, 0.2) is 5.82 Å². The van der Waals surface area contributed by atoms with Crippen molar-refractivity contribution in [2.75, 3.05) is 17.3 Å². The van der Waals surface area contributed by atoms with Crippen molar-refractivity contribution in [3.63, 3.8) is 0 Å². The molecule has 0 atom stereocenters. The lowest BCUT2D eigenvalue weighted by Gasteiger charge is -2.18. The number of rotatable bonds is 6. The molecule has 2 aromatic carbocycles. The van der Waals surface area contributed by atoms with E-state index in [9.17, 15) is 0 Å². The normalized spacial score (nSPS) is 10.4. The number of anilines is 2. The summed E-state index contributed by atoms with van der Waals surface area (Å²) in [4.78, 5) is 6.60. The van der Waals surface area contributed by atoms with Gasteiger partial charge in [0.1, 0.15) is 0 Å². The van der Waals surface area contributed by atoms with E-state index >= 15 is 0 Å². The van der Waals surface area contributed by atoms with Gasteiger partial charge in [-0.2, -0.15) is 10.1 Å². The van der Waals surface area contributed by atoms with Crippen LogP contribution in [0.15, 0.2) is 60.8 Å². The van der Waals surface area contributed by atoms with Gasteiger partial charge < -0.3 is 10.2 Å². The molecular formula is C19H21N5. The van der Waals surface area contributed by atoms with Crippen LogP contribution in [0.5, 0.6) is 0 Å². The van der Waals surface area contributed by atoms with Crippen LogP contribution in [0.3, 0.4) is 0 Å². The minimum atomic E-state index is 0.535. The fraction of sp³-hybridized carbons (Fsp3) is 0.211. The Labute approximate surface area is 142 Å². The number of nitrogens with zero attached hydrogens (tertiary/aromatic N) is 4. The minimum Gasteiger partial charge on any atom is -0.354 e. The molecule has 0 saturated heterocycles. The average molecular weight is 319 g/mol. The Kier molecular flexibility index (Phi) is 5.01. The summed E-state index contributed by atoms with van der Waals surface area (Å²) in [5, 5.41) is 11.3. The molecule has 1 heterocycles. The highest BCUT2D eigenvalue weighted by molar-refractivity contribution is 5.40. The molecule has 24 heavy (non-hydrogen) atoms. The molecule has 1 N–H and O–H groups in total. The lowest BCUT2D eigenvalue weighted by molar-refractivity contribution is 0.859. The molecule has 3 aromatic rings. The first-order chi connectivity index (χ1) is 11.7. The Hall–Kier alpha value is -2.95. The van der Waals surface area contributed by atoms with Gasteiger partial charge in [0.25, 0.3) is 0 Å². The van der Waals surface area contributed by atoms with Crippen molar-refractivity contribution in [2.45, 2.75) is 20.0 Å². The molecule has 1 aromatic heterocycles. The van der Waals surface area contributed by atoms with Crippen molar-refractivity contribution in [3.05, 3.63) is 77.5 Å². The average Bonchev–Trinajstić information content (AvgIpc) is 2.62. The topological polar surface area (TPSA) is 53.9 Å². The molecule has 0 aliphatic heterocycles. The first-order valence-corrected chi connectivity index (χ1v) is 7.95. The first kappa shape index (κ1) is 15.9. The minimum absolute atomic E-state index is 0.535. The number of hydrogen-bond donors (Lipinski definition) is 1. The first-order valence-electron chi connectivity index (χ1n) is 7.95. The van der Waals surface area contributed by atoms with Gasteiger partial charge in [-0.25, -0.2) is 0 Å². The highest BCUT2D eigenvalue weighted by Gasteiger charge is 2.06. The van der Waals surface area contributed by atoms with E-state index in [1.165, 1.54) is 16.7 Å². The molecule has 0 spiro atoms. The lowest BCUT2D eigenvalue weighted by Crippen LogP contribution is -2.19. The summed E-state index contributed by atoms with van der Waals surface area (Å²) in [7, 11) is 2.00. The van der Waals surface area contributed by atoms with E-state index in [0.717, 1.165) is 12.4 Å². The number of benzene rings is 2. The van der Waals surface area contributed by atoms with Crippen LogP contribution in [0, 0.1) is 6.92 Å². The third-order valence-corrected chi connectivity index (χ3v) is 3.77. The third-order valence-electron chi connectivity index (χ3n) is 3.77. The highest BCUT2D eigenvalue weighted by atomic mass is 15.3. The lowest BCUT2D eigenvalue weighted by atomic mass is 10.1. The Balaban J connectivity index is 1.64. The van der Waals surface area contributed by atoms with Crippen molar-refractivity contribution in [2.24, 2.45) is 0 Å². The zero-order chi connectivity index (χ0) is 16.8. The van der Waals surface area contributed by atoms with Gasteiger partial charge >= 0.3 is 0 Å².